The number of amides is 1. The van der Waals surface area contributed by atoms with E-state index in [1.165, 1.54) is 16.7 Å². The number of thioether (sulfide) groups is 1. The molecule has 1 amide bonds. The van der Waals surface area contributed by atoms with E-state index < -0.39 is 0 Å². The van der Waals surface area contributed by atoms with Crippen LogP contribution < -0.4 is 4.90 Å². The number of hydrogen-bond donors (Lipinski definition) is 2. The van der Waals surface area contributed by atoms with E-state index in [2.05, 4.69) is 0 Å². The summed E-state index contributed by atoms with van der Waals surface area (Å²) in [6, 6.07) is 6.95. The highest BCUT2D eigenvalue weighted by Crippen LogP contribution is 2.33. The minimum absolute atomic E-state index is 0.0859. The topological polar surface area (TPSA) is 54.2 Å². The summed E-state index contributed by atoms with van der Waals surface area (Å²) in [5, 5.41) is 9.82. The van der Waals surface area contributed by atoms with Gasteiger partial charge in [0.05, 0.1) is 18.1 Å². The van der Waals surface area contributed by atoms with Crippen LogP contribution in [0.4, 0.5) is 0 Å². The van der Waals surface area contributed by atoms with Crippen LogP contribution in [0.5, 0.6) is 5.75 Å². The van der Waals surface area contributed by atoms with Gasteiger partial charge in [-0.15, -0.1) is 0 Å². The van der Waals surface area contributed by atoms with Gasteiger partial charge in [-0.1, -0.05) is 42.2 Å². The lowest BCUT2D eigenvalue weighted by Gasteiger charge is -2.27. The lowest BCUT2D eigenvalue weighted by atomic mass is 10.2. The Labute approximate surface area is 138 Å². The van der Waals surface area contributed by atoms with E-state index in [-0.39, 0.29) is 11.7 Å². The molecule has 2 aliphatic heterocycles. The van der Waals surface area contributed by atoms with Crippen molar-refractivity contribution < 1.29 is 19.5 Å². The zero-order chi connectivity index (χ0) is 15.5. The summed E-state index contributed by atoms with van der Waals surface area (Å²) in [4.78, 5) is 16.0. The van der Waals surface area contributed by atoms with Gasteiger partial charge in [0.1, 0.15) is 18.8 Å². The number of quaternary nitrogens is 1. The van der Waals surface area contributed by atoms with Gasteiger partial charge in [0.15, 0.2) is 11.0 Å². The van der Waals surface area contributed by atoms with Crippen molar-refractivity contribution in [1.29, 1.82) is 0 Å². The molecule has 2 aliphatic rings. The SMILES string of the molecule is O=C1/C(=C\c2ccccc2O)SC(=S)N1C[NH+]1CCOCC1. The van der Waals surface area contributed by atoms with Crippen LogP contribution in [-0.4, -0.2) is 53.2 Å². The number of ether oxygens (including phenoxy) is 1. The molecule has 3 rings (SSSR count). The summed E-state index contributed by atoms with van der Waals surface area (Å²) in [5.74, 6) is 0.0730. The third kappa shape index (κ3) is 3.33. The molecule has 22 heavy (non-hydrogen) atoms. The second kappa shape index (κ2) is 6.78. The maximum absolute atomic E-state index is 12.5. The number of benzene rings is 1. The normalized spacial score (nSPS) is 21.8. The number of phenols is 1. The average Bonchev–Trinajstić information content (AvgIpc) is 2.78. The monoisotopic (exact) mass is 337 g/mol. The smallest absolute Gasteiger partial charge is 0.270 e. The van der Waals surface area contributed by atoms with E-state index in [1.807, 2.05) is 6.07 Å². The molecule has 2 heterocycles. The number of carbonyl (C=O) groups excluding carboxylic acids is 1. The van der Waals surface area contributed by atoms with Gasteiger partial charge in [0.25, 0.3) is 5.91 Å². The summed E-state index contributed by atoms with van der Waals surface area (Å²) < 4.78 is 5.90. The fourth-order valence-corrected chi connectivity index (χ4v) is 3.67. The van der Waals surface area contributed by atoms with E-state index in [0.717, 1.165) is 26.3 Å². The molecule has 1 aromatic rings. The van der Waals surface area contributed by atoms with Gasteiger partial charge < -0.3 is 14.7 Å². The number of morpholine rings is 1. The second-order valence-electron chi connectivity index (χ2n) is 5.19. The van der Waals surface area contributed by atoms with E-state index in [0.29, 0.717) is 21.5 Å². The molecule has 0 bridgehead atoms. The van der Waals surface area contributed by atoms with Gasteiger partial charge in [-0.05, 0) is 12.1 Å². The second-order valence-corrected chi connectivity index (χ2v) is 6.86. The molecule has 0 aliphatic carbocycles. The Hall–Kier alpha value is -1.41. The predicted molar refractivity (Wildman–Crippen MR) is 89.5 cm³/mol. The average molecular weight is 337 g/mol. The lowest BCUT2D eigenvalue weighted by Crippen LogP contribution is -3.15. The number of rotatable bonds is 3. The standard InChI is InChI=1S/C15H16N2O3S2/c18-12-4-2-1-3-11(12)9-13-14(19)17(15(21)22-13)10-16-5-7-20-8-6-16/h1-4,9,18H,5-8,10H2/p+1/b13-9+. The van der Waals surface area contributed by atoms with Crippen molar-refractivity contribution in [3.05, 3.63) is 34.7 Å². The Kier molecular flexibility index (Phi) is 4.77. The first kappa shape index (κ1) is 15.5. The number of aromatic hydroxyl groups is 1. The van der Waals surface area contributed by atoms with Gasteiger partial charge in [-0.3, -0.25) is 4.79 Å². The summed E-state index contributed by atoms with van der Waals surface area (Å²) in [5.41, 5.74) is 0.627. The van der Waals surface area contributed by atoms with Crippen molar-refractivity contribution in [3.63, 3.8) is 0 Å². The van der Waals surface area contributed by atoms with Gasteiger partial charge in [-0.2, -0.15) is 0 Å². The van der Waals surface area contributed by atoms with Crippen LogP contribution in [0.15, 0.2) is 29.2 Å². The molecule has 0 radical (unpaired) electrons. The van der Waals surface area contributed by atoms with E-state index >= 15 is 0 Å². The molecule has 0 spiro atoms. The van der Waals surface area contributed by atoms with Crippen LogP contribution >= 0.6 is 24.0 Å². The number of hydrogen-bond acceptors (Lipinski definition) is 5. The number of thiocarbonyl (C=S) groups is 1. The van der Waals surface area contributed by atoms with Gasteiger partial charge in [-0.25, -0.2) is 4.90 Å². The van der Waals surface area contributed by atoms with E-state index in [1.54, 1.807) is 29.2 Å². The molecular formula is C15H17N2O3S2+. The summed E-state index contributed by atoms with van der Waals surface area (Å²) in [6.07, 6.45) is 1.70. The first-order valence-electron chi connectivity index (χ1n) is 7.10. The maximum atomic E-state index is 12.5. The maximum Gasteiger partial charge on any atom is 0.270 e. The molecule has 0 saturated carbocycles. The van der Waals surface area contributed by atoms with E-state index in [9.17, 15) is 9.90 Å². The molecule has 2 fully saturated rings. The van der Waals surface area contributed by atoms with Crippen molar-refractivity contribution in [2.45, 2.75) is 0 Å². The number of nitrogens with zero attached hydrogens (tertiary/aromatic N) is 1. The Bertz CT molecular complexity index is 627. The van der Waals surface area contributed by atoms with Crippen molar-refractivity contribution in [2.75, 3.05) is 33.0 Å². The van der Waals surface area contributed by atoms with Crippen molar-refractivity contribution >= 4 is 40.3 Å². The summed E-state index contributed by atoms with van der Waals surface area (Å²) in [7, 11) is 0. The van der Waals surface area contributed by atoms with Crippen LogP contribution in [0, 0.1) is 0 Å². The highest BCUT2D eigenvalue weighted by atomic mass is 32.2. The number of para-hydroxylation sites is 1. The molecule has 7 heteroatoms. The van der Waals surface area contributed by atoms with Gasteiger partial charge in [0.2, 0.25) is 0 Å². The van der Waals surface area contributed by atoms with Gasteiger partial charge in [0, 0.05) is 5.56 Å². The third-order valence-electron chi connectivity index (χ3n) is 3.68. The molecule has 5 nitrogen and oxygen atoms in total. The Morgan fingerprint density at radius 2 is 2.09 bits per heavy atom. The molecular weight excluding hydrogens is 320 g/mol. The zero-order valence-corrected chi connectivity index (χ0v) is 13.6. The first-order valence-corrected chi connectivity index (χ1v) is 8.32. The molecule has 0 aromatic heterocycles. The fourth-order valence-electron chi connectivity index (χ4n) is 2.43. The molecule has 2 N–H and O–H groups in total. The highest BCUT2D eigenvalue weighted by molar-refractivity contribution is 8.26. The zero-order valence-electron chi connectivity index (χ0n) is 11.9. The number of phenolic OH excluding ortho intramolecular Hbond substituents is 1. The third-order valence-corrected chi connectivity index (χ3v) is 5.06. The van der Waals surface area contributed by atoms with E-state index in [4.69, 9.17) is 17.0 Å². The number of carbonyl (C=O) groups is 1. The summed E-state index contributed by atoms with van der Waals surface area (Å²) >= 11 is 6.62. The fraction of sp³-hybridized carbons (Fsp3) is 0.333. The molecule has 116 valence electrons. The highest BCUT2D eigenvalue weighted by Gasteiger charge is 2.35. The first-order chi connectivity index (χ1) is 10.6. The minimum Gasteiger partial charge on any atom is -0.507 e. The van der Waals surface area contributed by atoms with Gasteiger partial charge >= 0.3 is 0 Å². The Morgan fingerprint density at radius 1 is 1.36 bits per heavy atom. The van der Waals surface area contributed by atoms with Crippen LogP contribution in [0.25, 0.3) is 6.08 Å². The molecule has 2 saturated heterocycles. The number of nitrogens with one attached hydrogen (secondary N) is 1. The summed E-state index contributed by atoms with van der Waals surface area (Å²) in [6.45, 7) is 3.78. The molecule has 0 unspecified atom stereocenters. The van der Waals surface area contributed by atoms with Crippen LogP contribution in [-0.2, 0) is 9.53 Å². The van der Waals surface area contributed by atoms with Crippen molar-refractivity contribution in [3.8, 4) is 5.75 Å². The minimum atomic E-state index is -0.0859. The molecule has 1 aromatic carbocycles. The Morgan fingerprint density at radius 3 is 2.82 bits per heavy atom. The van der Waals surface area contributed by atoms with Crippen LogP contribution in [0.1, 0.15) is 5.56 Å². The Balaban J connectivity index is 1.75. The molecule has 0 atom stereocenters. The van der Waals surface area contributed by atoms with Crippen molar-refractivity contribution in [2.24, 2.45) is 0 Å². The van der Waals surface area contributed by atoms with Crippen LogP contribution in [0.3, 0.4) is 0 Å². The lowest BCUT2D eigenvalue weighted by molar-refractivity contribution is -0.914. The quantitative estimate of drug-likeness (QED) is 0.620. The van der Waals surface area contributed by atoms with Crippen LogP contribution in [0.2, 0.25) is 0 Å². The largest absolute Gasteiger partial charge is 0.507 e. The van der Waals surface area contributed by atoms with Crippen molar-refractivity contribution in [1.82, 2.24) is 4.90 Å². The predicted octanol–water partition coefficient (Wildman–Crippen LogP) is 0.466.